The Kier molecular flexibility index (Phi) is 6.43. The molecule has 20 heavy (non-hydrogen) atoms. The number of benzene rings is 1. The standard InChI is InChI=1S/C14H21ClFNO2S/c1-10(9-15)5-4-6-17-20(18,19)14-11(2)7-13(16)8-12(14)3/h7-8,10,17H,4-6,9H2,1-3H3. The second-order valence-corrected chi connectivity index (χ2v) is 7.18. The van der Waals surface area contributed by atoms with Gasteiger partial charge >= 0.3 is 0 Å². The lowest BCUT2D eigenvalue weighted by Crippen LogP contribution is -2.26. The van der Waals surface area contributed by atoms with Crippen LogP contribution in [0.2, 0.25) is 0 Å². The third-order valence-corrected chi connectivity index (χ3v) is 5.42. The summed E-state index contributed by atoms with van der Waals surface area (Å²) in [6.07, 6.45) is 1.60. The van der Waals surface area contributed by atoms with Gasteiger partial charge in [0, 0.05) is 12.4 Å². The fourth-order valence-corrected chi connectivity index (χ4v) is 3.81. The van der Waals surface area contributed by atoms with Crippen LogP contribution in [0.3, 0.4) is 0 Å². The fraction of sp³-hybridized carbons (Fsp3) is 0.571. The van der Waals surface area contributed by atoms with E-state index in [1.807, 2.05) is 6.92 Å². The summed E-state index contributed by atoms with van der Waals surface area (Å²) in [5.41, 5.74) is 0.841. The Morgan fingerprint density at radius 2 is 1.85 bits per heavy atom. The third kappa shape index (κ3) is 4.72. The van der Waals surface area contributed by atoms with Gasteiger partial charge in [-0.25, -0.2) is 17.5 Å². The van der Waals surface area contributed by atoms with E-state index in [4.69, 9.17) is 11.6 Å². The van der Waals surface area contributed by atoms with Crippen molar-refractivity contribution in [2.75, 3.05) is 12.4 Å². The number of hydrogen-bond donors (Lipinski definition) is 1. The summed E-state index contributed by atoms with van der Waals surface area (Å²) in [6.45, 7) is 5.58. The second kappa shape index (κ2) is 7.38. The zero-order valence-electron chi connectivity index (χ0n) is 12.0. The average Bonchev–Trinajstić information content (AvgIpc) is 2.32. The maximum absolute atomic E-state index is 13.2. The predicted molar refractivity (Wildman–Crippen MR) is 80.2 cm³/mol. The van der Waals surface area contributed by atoms with Gasteiger partial charge in [-0.2, -0.15) is 0 Å². The van der Waals surface area contributed by atoms with Gasteiger partial charge in [-0.15, -0.1) is 11.6 Å². The zero-order chi connectivity index (χ0) is 15.3. The molecule has 0 saturated carbocycles. The Bertz CT molecular complexity index is 537. The number of rotatable bonds is 7. The zero-order valence-corrected chi connectivity index (χ0v) is 13.6. The lowest BCUT2D eigenvalue weighted by Gasteiger charge is -2.13. The number of alkyl halides is 1. The van der Waals surface area contributed by atoms with E-state index in [-0.39, 0.29) is 4.90 Å². The molecule has 0 radical (unpaired) electrons. The third-order valence-electron chi connectivity index (χ3n) is 3.12. The second-order valence-electron chi connectivity index (χ2n) is 5.17. The average molecular weight is 322 g/mol. The molecule has 0 aliphatic carbocycles. The highest BCUT2D eigenvalue weighted by molar-refractivity contribution is 7.89. The molecular formula is C14H21ClFNO2S. The molecule has 1 rings (SSSR count). The lowest BCUT2D eigenvalue weighted by molar-refractivity contribution is 0.542. The van der Waals surface area contributed by atoms with Crippen LogP contribution in [-0.4, -0.2) is 20.8 Å². The molecule has 0 fully saturated rings. The van der Waals surface area contributed by atoms with Crippen LogP contribution in [0.1, 0.15) is 30.9 Å². The predicted octanol–water partition coefficient (Wildman–Crippen LogP) is 3.38. The number of sulfonamides is 1. The molecule has 114 valence electrons. The summed E-state index contributed by atoms with van der Waals surface area (Å²) in [6, 6.07) is 2.47. The Hall–Kier alpha value is -0.650. The van der Waals surface area contributed by atoms with Crippen molar-refractivity contribution in [2.45, 2.75) is 38.5 Å². The van der Waals surface area contributed by atoms with Crippen molar-refractivity contribution in [1.82, 2.24) is 4.72 Å². The van der Waals surface area contributed by atoms with Gasteiger partial charge in [0.05, 0.1) is 4.90 Å². The first-order chi connectivity index (χ1) is 9.27. The summed E-state index contributed by atoms with van der Waals surface area (Å²) in [7, 11) is -3.59. The van der Waals surface area contributed by atoms with Crippen molar-refractivity contribution in [1.29, 1.82) is 0 Å². The Morgan fingerprint density at radius 3 is 2.35 bits per heavy atom. The Balaban J connectivity index is 2.75. The molecule has 0 aromatic heterocycles. The maximum atomic E-state index is 13.2. The summed E-state index contributed by atoms with van der Waals surface area (Å²) >= 11 is 5.70. The normalized spacial score (nSPS) is 13.4. The summed E-state index contributed by atoms with van der Waals surface area (Å²) in [4.78, 5) is 0.171. The van der Waals surface area contributed by atoms with Crippen molar-refractivity contribution in [3.05, 3.63) is 29.1 Å². The molecule has 0 spiro atoms. The Labute approximate surface area is 125 Å². The molecule has 1 atom stereocenters. The highest BCUT2D eigenvalue weighted by Gasteiger charge is 2.19. The molecule has 1 N–H and O–H groups in total. The molecule has 1 aromatic rings. The SMILES string of the molecule is Cc1cc(F)cc(C)c1S(=O)(=O)NCCCC(C)CCl. The fourth-order valence-electron chi connectivity index (χ4n) is 2.13. The van der Waals surface area contributed by atoms with Crippen LogP contribution in [0.5, 0.6) is 0 Å². The molecular weight excluding hydrogens is 301 g/mol. The van der Waals surface area contributed by atoms with Crippen LogP contribution in [0, 0.1) is 25.6 Å². The van der Waals surface area contributed by atoms with Crippen molar-refractivity contribution in [3.63, 3.8) is 0 Å². The van der Waals surface area contributed by atoms with Crippen molar-refractivity contribution >= 4 is 21.6 Å². The highest BCUT2D eigenvalue weighted by Crippen LogP contribution is 2.21. The number of nitrogens with one attached hydrogen (secondary N) is 1. The van der Waals surface area contributed by atoms with Crippen molar-refractivity contribution in [3.8, 4) is 0 Å². The van der Waals surface area contributed by atoms with Gasteiger partial charge in [-0.3, -0.25) is 0 Å². The lowest BCUT2D eigenvalue weighted by atomic mass is 10.1. The van der Waals surface area contributed by atoms with E-state index in [1.165, 1.54) is 12.1 Å². The summed E-state index contributed by atoms with van der Waals surface area (Å²) in [5.74, 6) is 0.522. The molecule has 6 heteroatoms. The molecule has 0 aliphatic rings. The van der Waals surface area contributed by atoms with Gasteiger partial charge in [0.1, 0.15) is 5.82 Å². The largest absolute Gasteiger partial charge is 0.241 e. The molecule has 0 amide bonds. The minimum absolute atomic E-state index is 0.171. The minimum Gasteiger partial charge on any atom is -0.211 e. The Morgan fingerprint density at radius 1 is 1.30 bits per heavy atom. The van der Waals surface area contributed by atoms with E-state index < -0.39 is 15.8 Å². The van der Waals surface area contributed by atoms with Gasteiger partial charge < -0.3 is 0 Å². The van der Waals surface area contributed by atoms with E-state index in [2.05, 4.69) is 4.72 Å². The quantitative estimate of drug-likeness (QED) is 0.618. The first kappa shape index (κ1) is 17.4. The van der Waals surface area contributed by atoms with Crippen LogP contribution in [0.4, 0.5) is 4.39 Å². The minimum atomic E-state index is -3.59. The van der Waals surface area contributed by atoms with Gasteiger partial charge in [0.25, 0.3) is 0 Å². The van der Waals surface area contributed by atoms with Gasteiger partial charge in [0.15, 0.2) is 0 Å². The molecule has 0 saturated heterocycles. The number of halogens is 2. The maximum Gasteiger partial charge on any atom is 0.241 e. The van der Waals surface area contributed by atoms with Crippen LogP contribution in [0.15, 0.2) is 17.0 Å². The molecule has 3 nitrogen and oxygen atoms in total. The van der Waals surface area contributed by atoms with Gasteiger partial charge in [-0.05, 0) is 55.9 Å². The van der Waals surface area contributed by atoms with E-state index >= 15 is 0 Å². The molecule has 0 aliphatic heterocycles. The first-order valence-electron chi connectivity index (χ1n) is 6.60. The summed E-state index contributed by atoms with van der Waals surface area (Å²) in [5, 5.41) is 0. The van der Waals surface area contributed by atoms with Crippen LogP contribution >= 0.6 is 11.6 Å². The molecule has 0 heterocycles. The topological polar surface area (TPSA) is 46.2 Å². The van der Waals surface area contributed by atoms with Gasteiger partial charge in [0.2, 0.25) is 10.0 Å². The number of hydrogen-bond acceptors (Lipinski definition) is 2. The van der Waals surface area contributed by atoms with Crippen molar-refractivity contribution < 1.29 is 12.8 Å². The monoisotopic (exact) mass is 321 g/mol. The summed E-state index contributed by atoms with van der Waals surface area (Å²) < 4.78 is 40.2. The van der Waals surface area contributed by atoms with E-state index in [9.17, 15) is 12.8 Å². The molecule has 0 bridgehead atoms. The number of aryl methyl sites for hydroxylation is 2. The van der Waals surface area contributed by atoms with E-state index in [0.29, 0.717) is 29.5 Å². The van der Waals surface area contributed by atoms with E-state index in [1.54, 1.807) is 13.8 Å². The highest BCUT2D eigenvalue weighted by atomic mass is 35.5. The van der Waals surface area contributed by atoms with E-state index in [0.717, 1.165) is 12.8 Å². The van der Waals surface area contributed by atoms with Gasteiger partial charge in [-0.1, -0.05) is 6.92 Å². The smallest absolute Gasteiger partial charge is 0.211 e. The van der Waals surface area contributed by atoms with Crippen LogP contribution in [0.25, 0.3) is 0 Å². The molecule has 1 unspecified atom stereocenters. The van der Waals surface area contributed by atoms with Crippen molar-refractivity contribution in [2.24, 2.45) is 5.92 Å². The molecule has 1 aromatic carbocycles. The van der Waals surface area contributed by atoms with Crippen LogP contribution in [-0.2, 0) is 10.0 Å². The first-order valence-corrected chi connectivity index (χ1v) is 8.62. The van der Waals surface area contributed by atoms with Crippen LogP contribution < -0.4 is 4.72 Å².